The maximum atomic E-state index is 5.27. The molecule has 0 fully saturated rings. The van der Waals surface area contributed by atoms with Crippen molar-refractivity contribution in [1.29, 1.82) is 0 Å². The number of hydrogen-bond acceptors (Lipinski definition) is 3. The third kappa shape index (κ3) is 5.14. The van der Waals surface area contributed by atoms with Crippen molar-refractivity contribution < 1.29 is 4.74 Å². The number of rotatable bonds is 6. The highest BCUT2D eigenvalue weighted by Crippen LogP contribution is 2.23. The molecule has 1 N–H and O–H groups in total. The molecule has 0 radical (unpaired) electrons. The standard InChI is InChI=1S/C17H30N2O/c1-13-8-9-16(19(6)14(2)12-20-7)15(10-13)11-18-17(3,4)5/h8-10,14,18H,11-12H2,1-7H3. The van der Waals surface area contributed by atoms with E-state index >= 15 is 0 Å². The summed E-state index contributed by atoms with van der Waals surface area (Å²) in [7, 11) is 3.89. The largest absolute Gasteiger partial charge is 0.383 e. The van der Waals surface area contributed by atoms with Crippen molar-refractivity contribution in [2.75, 3.05) is 25.7 Å². The molecule has 1 aromatic rings. The third-order valence-corrected chi connectivity index (χ3v) is 3.49. The summed E-state index contributed by atoms with van der Waals surface area (Å²) in [6.07, 6.45) is 0. The SMILES string of the molecule is COCC(C)N(C)c1ccc(C)cc1CNC(C)(C)C. The monoisotopic (exact) mass is 278 g/mol. The van der Waals surface area contributed by atoms with Gasteiger partial charge in [0.2, 0.25) is 0 Å². The highest BCUT2D eigenvalue weighted by Gasteiger charge is 2.15. The second-order valence-corrected chi connectivity index (χ2v) is 6.65. The van der Waals surface area contributed by atoms with Gasteiger partial charge in [0.15, 0.2) is 0 Å². The van der Waals surface area contributed by atoms with Gasteiger partial charge in [-0.1, -0.05) is 17.7 Å². The molecule has 1 unspecified atom stereocenters. The van der Waals surface area contributed by atoms with Gasteiger partial charge >= 0.3 is 0 Å². The molecule has 0 amide bonds. The number of likely N-dealkylation sites (N-methyl/N-ethyl adjacent to an activating group) is 1. The molecule has 3 nitrogen and oxygen atoms in total. The van der Waals surface area contributed by atoms with Crippen LogP contribution in [-0.2, 0) is 11.3 Å². The summed E-state index contributed by atoms with van der Waals surface area (Å²) in [5, 5.41) is 3.57. The molecule has 0 aliphatic heterocycles. The number of ether oxygens (including phenoxy) is 1. The Morgan fingerprint density at radius 3 is 2.50 bits per heavy atom. The normalized spacial score (nSPS) is 13.3. The Morgan fingerprint density at radius 2 is 1.95 bits per heavy atom. The van der Waals surface area contributed by atoms with Crippen molar-refractivity contribution in [2.45, 2.75) is 52.7 Å². The third-order valence-electron chi connectivity index (χ3n) is 3.49. The molecule has 114 valence electrons. The van der Waals surface area contributed by atoms with Crippen LogP contribution in [0.25, 0.3) is 0 Å². The Bertz CT molecular complexity index is 423. The molecule has 0 aliphatic rings. The maximum Gasteiger partial charge on any atom is 0.0663 e. The first-order valence-electron chi connectivity index (χ1n) is 7.31. The minimum Gasteiger partial charge on any atom is -0.383 e. The Morgan fingerprint density at radius 1 is 1.30 bits per heavy atom. The summed E-state index contributed by atoms with van der Waals surface area (Å²) in [5.74, 6) is 0. The molecule has 20 heavy (non-hydrogen) atoms. The highest BCUT2D eigenvalue weighted by atomic mass is 16.5. The van der Waals surface area contributed by atoms with Crippen molar-refractivity contribution in [2.24, 2.45) is 0 Å². The lowest BCUT2D eigenvalue weighted by atomic mass is 10.0. The van der Waals surface area contributed by atoms with Crippen LogP contribution in [0.1, 0.15) is 38.8 Å². The number of aryl methyl sites for hydroxylation is 1. The first-order chi connectivity index (χ1) is 9.24. The predicted molar refractivity (Wildman–Crippen MR) is 87.5 cm³/mol. The van der Waals surface area contributed by atoms with E-state index in [1.165, 1.54) is 16.8 Å². The van der Waals surface area contributed by atoms with Crippen molar-refractivity contribution >= 4 is 5.69 Å². The van der Waals surface area contributed by atoms with Crippen molar-refractivity contribution in [1.82, 2.24) is 5.32 Å². The van der Waals surface area contributed by atoms with E-state index in [9.17, 15) is 0 Å². The van der Waals surface area contributed by atoms with Gasteiger partial charge in [0.05, 0.1) is 6.61 Å². The van der Waals surface area contributed by atoms with Crippen LogP contribution in [-0.4, -0.2) is 32.3 Å². The van der Waals surface area contributed by atoms with Gasteiger partial charge in [-0.25, -0.2) is 0 Å². The van der Waals surface area contributed by atoms with E-state index in [-0.39, 0.29) is 5.54 Å². The molecular formula is C17H30N2O. The number of nitrogens with zero attached hydrogens (tertiary/aromatic N) is 1. The number of anilines is 1. The molecule has 3 heteroatoms. The van der Waals surface area contributed by atoms with Crippen molar-refractivity contribution in [3.05, 3.63) is 29.3 Å². The van der Waals surface area contributed by atoms with Crippen LogP contribution < -0.4 is 10.2 Å². The lowest BCUT2D eigenvalue weighted by Gasteiger charge is -2.30. The smallest absolute Gasteiger partial charge is 0.0663 e. The Balaban J connectivity index is 2.94. The summed E-state index contributed by atoms with van der Waals surface area (Å²) in [6.45, 7) is 12.5. The zero-order valence-corrected chi connectivity index (χ0v) is 14.1. The first-order valence-corrected chi connectivity index (χ1v) is 7.31. The van der Waals surface area contributed by atoms with Crippen LogP contribution in [0, 0.1) is 6.92 Å². The summed E-state index contributed by atoms with van der Waals surface area (Å²) < 4.78 is 5.27. The molecule has 0 saturated heterocycles. The Hall–Kier alpha value is -1.06. The number of hydrogen-bond donors (Lipinski definition) is 1. The van der Waals surface area contributed by atoms with Crippen molar-refractivity contribution in [3.63, 3.8) is 0 Å². The van der Waals surface area contributed by atoms with Gasteiger partial charge in [0, 0.05) is 38.0 Å². The van der Waals surface area contributed by atoms with Crippen LogP contribution in [0.5, 0.6) is 0 Å². The Kier molecular flexibility index (Phi) is 6.03. The van der Waals surface area contributed by atoms with Crippen molar-refractivity contribution in [3.8, 4) is 0 Å². The van der Waals surface area contributed by atoms with Gasteiger partial charge in [-0.3, -0.25) is 0 Å². The lowest BCUT2D eigenvalue weighted by Crippen LogP contribution is -2.37. The maximum absolute atomic E-state index is 5.27. The van der Waals surface area contributed by atoms with E-state index in [0.717, 1.165) is 13.2 Å². The second-order valence-electron chi connectivity index (χ2n) is 6.65. The quantitative estimate of drug-likeness (QED) is 0.863. The van der Waals surface area contributed by atoms with E-state index in [2.05, 4.69) is 70.1 Å². The number of nitrogens with one attached hydrogen (secondary N) is 1. The van der Waals surface area contributed by atoms with Crippen LogP contribution in [0.15, 0.2) is 18.2 Å². The van der Waals surface area contributed by atoms with E-state index in [0.29, 0.717) is 6.04 Å². The average Bonchev–Trinajstić information content (AvgIpc) is 2.35. The molecule has 0 spiro atoms. The fourth-order valence-corrected chi connectivity index (χ4v) is 2.15. The molecule has 0 aliphatic carbocycles. The Labute approximate surface area is 124 Å². The van der Waals surface area contributed by atoms with Gasteiger partial charge in [0.25, 0.3) is 0 Å². The zero-order valence-electron chi connectivity index (χ0n) is 14.1. The minimum absolute atomic E-state index is 0.123. The number of benzene rings is 1. The first kappa shape index (κ1) is 17.0. The van der Waals surface area contributed by atoms with E-state index in [1.54, 1.807) is 7.11 Å². The summed E-state index contributed by atoms with van der Waals surface area (Å²) in [4.78, 5) is 2.29. The molecule has 0 heterocycles. The fraction of sp³-hybridized carbons (Fsp3) is 0.647. The average molecular weight is 278 g/mol. The molecule has 0 bridgehead atoms. The molecular weight excluding hydrogens is 248 g/mol. The number of methoxy groups -OCH3 is 1. The topological polar surface area (TPSA) is 24.5 Å². The van der Waals surface area contributed by atoms with Gasteiger partial charge in [-0.15, -0.1) is 0 Å². The van der Waals surface area contributed by atoms with Crippen LogP contribution >= 0.6 is 0 Å². The van der Waals surface area contributed by atoms with Crippen LogP contribution in [0.3, 0.4) is 0 Å². The summed E-state index contributed by atoms with van der Waals surface area (Å²) in [6, 6.07) is 7.01. The van der Waals surface area contributed by atoms with Crippen LogP contribution in [0.4, 0.5) is 5.69 Å². The van der Waals surface area contributed by atoms with E-state index < -0.39 is 0 Å². The fourth-order valence-electron chi connectivity index (χ4n) is 2.15. The molecule has 1 aromatic carbocycles. The van der Waals surface area contributed by atoms with Gasteiger partial charge in [-0.05, 0) is 46.2 Å². The highest BCUT2D eigenvalue weighted by molar-refractivity contribution is 5.55. The minimum atomic E-state index is 0.123. The molecule has 0 saturated carbocycles. The van der Waals surface area contributed by atoms with E-state index in [4.69, 9.17) is 4.74 Å². The summed E-state index contributed by atoms with van der Waals surface area (Å²) in [5.41, 5.74) is 4.03. The zero-order chi connectivity index (χ0) is 15.3. The van der Waals surface area contributed by atoms with E-state index in [1.807, 2.05) is 0 Å². The van der Waals surface area contributed by atoms with Gasteiger partial charge in [-0.2, -0.15) is 0 Å². The predicted octanol–water partition coefficient (Wildman–Crippen LogP) is 3.35. The lowest BCUT2D eigenvalue weighted by molar-refractivity contribution is 0.183. The second kappa shape index (κ2) is 7.09. The molecule has 0 aromatic heterocycles. The summed E-state index contributed by atoms with van der Waals surface area (Å²) >= 11 is 0. The van der Waals surface area contributed by atoms with Crippen LogP contribution in [0.2, 0.25) is 0 Å². The van der Waals surface area contributed by atoms with Gasteiger partial charge in [0.1, 0.15) is 0 Å². The molecule has 1 atom stereocenters. The molecule has 1 rings (SSSR count). The van der Waals surface area contributed by atoms with Gasteiger partial charge < -0.3 is 15.0 Å².